The molecule has 1 heterocycles. The van der Waals surface area contributed by atoms with E-state index in [0.717, 1.165) is 5.56 Å². The maximum absolute atomic E-state index is 11.7. The second-order valence-electron chi connectivity index (χ2n) is 4.55. The normalized spacial score (nSPS) is 10.4. The first kappa shape index (κ1) is 18.4. The van der Waals surface area contributed by atoms with Crippen molar-refractivity contribution >= 4 is 29.9 Å². The number of carbonyl (C=O) groups is 2. The van der Waals surface area contributed by atoms with E-state index in [1.165, 1.54) is 25.1 Å². The topological polar surface area (TPSA) is 103 Å². The third kappa shape index (κ3) is 7.00. The molecule has 0 radical (unpaired) electrons. The first-order valence-electron chi connectivity index (χ1n) is 7.19. The number of benzene rings is 1. The van der Waals surface area contributed by atoms with Crippen LogP contribution in [0.4, 0.5) is 0 Å². The van der Waals surface area contributed by atoms with Gasteiger partial charge in [-0.05, 0) is 35.9 Å². The van der Waals surface area contributed by atoms with Crippen LogP contribution in [0.25, 0.3) is 0 Å². The summed E-state index contributed by atoms with van der Waals surface area (Å²) < 4.78 is 9.71. The molecule has 1 aromatic carbocycles. The van der Waals surface area contributed by atoms with E-state index in [4.69, 9.17) is 4.74 Å². The van der Waals surface area contributed by atoms with E-state index >= 15 is 0 Å². The molecule has 0 atom stereocenters. The van der Waals surface area contributed by atoms with Gasteiger partial charge in [-0.15, -0.1) is 0 Å². The molecule has 0 aliphatic heterocycles. The molecule has 8 nitrogen and oxygen atoms in total. The molecule has 1 N–H and O–H groups in total. The summed E-state index contributed by atoms with van der Waals surface area (Å²) in [4.78, 5) is 30.7. The zero-order chi connectivity index (χ0) is 17.9. The summed E-state index contributed by atoms with van der Waals surface area (Å²) in [6, 6.07) is 8.58. The number of ether oxygens (including phenoxy) is 2. The quantitative estimate of drug-likeness (QED) is 0.249. The average molecular weight is 360 g/mol. The highest BCUT2D eigenvalue weighted by Crippen LogP contribution is 2.11. The standard InChI is InChI=1S/C16H16N4O4S/c1-23-15(22)10-24-13-5-3-12(4-6-13)9-19-20-14(21)11-25-16-17-7-2-8-18-16/h2-9H,10-11H2,1H3,(H,20,21)/b19-9-. The van der Waals surface area contributed by atoms with Gasteiger partial charge in [0, 0.05) is 12.4 Å². The molecule has 0 aliphatic carbocycles. The molecule has 0 fully saturated rings. The fourth-order valence-electron chi connectivity index (χ4n) is 1.55. The minimum absolute atomic E-state index is 0.150. The second-order valence-corrected chi connectivity index (χ2v) is 5.49. The van der Waals surface area contributed by atoms with Gasteiger partial charge in [-0.25, -0.2) is 20.2 Å². The number of rotatable bonds is 8. The van der Waals surface area contributed by atoms with E-state index in [2.05, 4.69) is 25.2 Å². The summed E-state index contributed by atoms with van der Waals surface area (Å²) in [5.74, 6) is -0.00789. The lowest BCUT2D eigenvalue weighted by Gasteiger charge is -2.04. The van der Waals surface area contributed by atoms with E-state index in [1.54, 1.807) is 42.7 Å². The number of carbonyl (C=O) groups excluding carboxylic acids is 2. The van der Waals surface area contributed by atoms with Crippen LogP contribution < -0.4 is 10.2 Å². The molecule has 9 heteroatoms. The Balaban J connectivity index is 1.73. The third-order valence-electron chi connectivity index (χ3n) is 2.74. The Morgan fingerprint density at radius 1 is 1.24 bits per heavy atom. The summed E-state index contributed by atoms with van der Waals surface area (Å²) >= 11 is 1.22. The van der Waals surface area contributed by atoms with Crippen molar-refractivity contribution in [2.75, 3.05) is 19.5 Å². The van der Waals surface area contributed by atoms with Crippen LogP contribution in [-0.4, -0.2) is 47.5 Å². The fourth-order valence-corrected chi connectivity index (χ4v) is 2.15. The maximum Gasteiger partial charge on any atom is 0.343 e. The summed E-state index contributed by atoms with van der Waals surface area (Å²) in [5.41, 5.74) is 3.19. The molecule has 2 aromatic rings. The van der Waals surface area contributed by atoms with E-state index < -0.39 is 5.97 Å². The van der Waals surface area contributed by atoms with Crippen molar-refractivity contribution in [1.29, 1.82) is 0 Å². The van der Waals surface area contributed by atoms with E-state index in [1.807, 2.05) is 0 Å². The van der Waals surface area contributed by atoms with E-state index in [9.17, 15) is 9.59 Å². The lowest BCUT2D eigenvalue weighted by atomic mass is 10.2. The lowest BCUT2D eigenvalue weighted by molar-refractivity contribution is -0.142. The predicted octanol–water partition coefficient (Wildman–Crippen LogP) is 1.27. The van der Waals surface area contributed by atoms with Gasteiger partial charge >= 0.3 is 5.97 Å². The van der Waals surface area contributed by atoms with Crippen molar-refractivity contribution in [3.05, 3.63) is 48.3 Å². The zero-order valence-electron chi connectivity index (χ0n) is 13.4. The maximum atomic E-state index is 11.7. The summed E-state index contributed by atoms with van der Waals surface area (Å²) in [6.45, 7) is -0.150. The Kier molecular flexibility index (Phi) is 7.39. The van der Waals surface area contributed by atoms with Crippen LogP contribution in [0.1, 0.15) is 5.56 Å². The minimum atomic E-state index is -0.452. The second kappa shape index (κ2) is 10.0. The monoisotopic (exact) mass is 360 g/mol. The van der Waals surface area contributed by atoms with Crippen LogP contribution in [0.2, 0.25) is 0 Å². The number of hydrazone groups is 1. The first-order valence-corrected chi connectivity index (χ1v) is 8.17. The highest BCUT2D eigenvalue weighted by Gasteiger charge is 2.03. The van der Waals surface area contributed by atoms with Gasteiger partial charge < -0.3 is 9.47 Å². The SMILES string of the molecule is COC(=O)COc1ccc(/C=N\NC(=O)CSc2ncccn2)cc1. The molecular formula is C16H16N4O4S. The number of nitrogens with zero attached hydrogens (tertiary/aromatic N) is 3. The molecule has 0 saturated heterocycles. The Bertz CT molecular complexity index is 723. The fraction of sp³-hybridized carbons (Fsp3) is 0.188. The smallest absolute Gasteiger partial charge is 0.343 e. The van der Waals surface area contributed by atoms with Crippen LogP contribution in [-0.2, 0) is 14.3 Å². The Labute approximate surface area is 148 Å². The van der Waals surface area contributed by atoms with Crippen molar-refractivity contribution in [2.45, 2.75) is 5.16 Å². The van der Waals surface area contributed by atoms with Gasteiger partial charge in [0.05, 0.1) is 19.1 Å². The van der Waals surface area contributed by atoms with Gasteiger partial charge in [0.1, 0.15) is 5.75 Å². The van der Waals surface area contributed by atoms with Gasteiger partial charge in [0.25, 0.3) is 5.91 Å². The predicted molar refractivity (Wildman–Crippen MR) is 92.4 cm³/mol. The molecule has 0 bridgehead atoms. The molecule has 0 unspecified atom stereocenters. The molecule has 0 spiro atoms. The third-order valence-corrected chi connectivity index (χ3v) is 3.62. The van der Waals surface area contributed by atoms with E-state index in [-0.39, 0.29) is 18.3 Å². The Hall–Kier alpha value is -2.94. The Morgan fingerprint density at radius 2 is 1.96 bits per heavy atom. The van der Waals surface area contributed by atoms with Crippen LogP contribution in [0.3, 0.4) is 0 Å². The van der Waals surface area contributed by atoms with Gasteiger partial charge in [-0.1, -0.05) is 11.8 Å². The van der Waals surface area contributed by atoms with Crippen LogP contribution in [0.15, 0.2) is 53.0 Å². The van der Waals surface area contributed by atoms with Crippen LogP contribution >= 0.6 is 11.8 Å². The molecule has 1 aromatic heterocycles. The Morgan fingerprint density at radius 3 is 2.64 bits per heavy atom. The van der Waals surface area contributed by atoms with Gasteiger partial charge in [0.15, 0.2) is 11.8 Å². The molecule has 25 heavy (non-hydrogen) atoms. The molecular weight excluding hydrogens is 344 g/mol. The zero-order valence-corrected chi connectivity index (χ0v) is 14.2. The summed E-state index contributed by atoms with van der Waals surface area (Å²) in [7, 11) is 1.30. The number of nitrogens with one attached hydrogen (secondary N) is 1. The van der Waals surface area contributed by atoms with Crippen molar-refractivity contribution in [3.8, 4) is 5.75 Å². The molecule has 2 rings (SSSR count). The number of aromatic nitrogens is 2. The average Bonchev–Trinajstić information content (AvgIpc) is 2.66. The van der Waals surface area contributed by atoms with Crippen molar-refractivity contribution < 1.29 is 19.1 Å². The molecule has 1 amide bonds. The molecule has 0 saturated carbocycles. The first-order chi connectivity index (χ1) is 12.2. The molecule has 130 valence electrons. The number of hydrogen-bond acceptors (Lipinski definition) is 8. The van der Waals surface area contributed by atoms with Crippen molar-refractivity contribution in [1.82, 2.24) is 15.4 Å². The summed E-state index contributed by atoms with van der Waals surface area (Å²) in [6.07, 6.45) is 4.74. The van der Waals surface area contributed by atoms with Crippen molar-refractivity contribution in [2.24, 2.45) is 5.10 Å². The number of thioether (sulfide) groups is 1. The number of amides is 1. The van der Waals surface area contributed by atoms with Crippen molar-refractivity contribution in [3.63, 3.8) is 0 Å². The van der Waals surface area contributed by atoms with Gasteiger partial charge in [0.2, 0.25) is 0 Å². The number of methoxy groups -OCH3 is 1. The number of hydrogen-bond donors (Lipinski definition) is 1. The van der Waals surface area contributed by atoms with Crippen LogP contribution in [0.5, 0.6) is 5.75 Å². The minimum Gasteiger partial charge on any atom is -0.482 e. The highest BCUT2D eigenvalue weighted by molar-refractivity contribution is 7.99. The van der Waals surface area contributed by atoms with Gasteiger partial charge in [-0.3, -0.25) is 4.79 Å². The lowest BCUT2D eigenvalue weighted by Crippen LogP contribution is -2.19. The molecule has 0 aliphatic rings. The largest absolute Gasteiger partial charge is 0.482 e. The summed E-state index contributed by atoms with van der Waals surface area (Å²) in [5, 5.41) is 4.41. The van der Waals surface area contributed by atoms with E-state index in [0.29, 0.717) is 10.9 Å². The number of esters is 1. The highest BCUT2D eigenvalue weighted by atomic mass is 32.2. The van der Waals surface area contributed by atoms with Gasteiger partial charge in [-0.2, -0.15) is 5.10 Å². The van der Waals surface area contributed by atoms with Crippen LogP contribution in [0, 0.1) is 0 Å².